The number of benzene rings is 2. The molecule has 3 heterocycles. The summed E-state index contributed by atoms with van der Waals surface area (Å²) in [6.07, 6.45) is 2.05. The Morgan fingerprint density at radius 1 is 1.27 bits per heavy atom. The number of nitrogens with zero attached hydrogens (tertiary/aromatic N) is 3. The molecule has 33 heavy (non-hydrogen) atoms. The van der Waals surface area contributed by atoms with E-state index in [1.807, 2.05) is 0 Å². The second-order valence-corrected chi connectivity index (χ2v) is 8.70. The molecule has 1 spiro atoms. The van der Waals surface area contributed by atoms with Gasteiger partial charge in [-0.25, -0.2) is 4.39 Å². The molecule has 8 nitrogen and oxygen atoms in total. The molecule has 1 atom stereocenters. The number of anilines is 1. The maximum absolute atomic E-state index is 13.7. The topological polar surface area (TPSA) is 98.4 Å². The predicted octanol–water partition coefficient (Wildman–Crippen LogP) is 2.43. The van der Waals surface area contributed by atoms with Gasteiger partial charge in [-0.15, -0.1) is 0 Å². The number of fused-ring (bicyclic) bond motifs is 3. The Labute approximate surface area is 193 Å². The molecule has 170 valence electrons. The lowest BCUT2D eigenvalue weighted by Crippen LogP contribution is -2.46. The van der Waals surface area contributed by atoms with Crippen molar-refractivity contribution in [1.82, 2.24) is 20.4 Å². The summed E-state index contributed by atoms with van der Waals surface area (Å²) in [6.45, 7) is -0.502. The quantitative estimate of drug-likeness (QED) is 0.599. The first-order valence-electron chi connectivity index (χ1n) is 10.6. The number of amides is 3. The zero-order valence-corrected chi connectivity index (χ0v) is 18.4. The standard InChI is InChI=1S/C23H21ClFN5O3/c24-16-2-1-3-18-20(16)23(22(33)30(18)12-19(31)26-8-7-25)6-9-29(13-23)21(32)14-4-5-17-15(10-14)11-27-28-17/h1-5,10-11H,6-9,12-13H2,(H,26,31)(H,27,28). The van der Waals surface area contributed by atoms with Crippen molar-refractivity contribution in [3.05, 3.63) is 58.7 Å². The van der Waals surface area contributed by atoms with Gasteiger partial charge in [0.05, 0.1) is 22.8 Å². The number of alkyl halides is 1. The van der Waals surface area contributed by atoms with Crippen LogP contribution in [0.1, 0.15) is 22.3 Å². The van der Waals surface area contributed by atoms with Crippen molar-refractivity contribution in [1.29, 1.82) is 0 Å². The molecule has 2 aliphatic heterocycles. The minimum absolute atomic E-state index is 0.113. The first kappa shape index (κ1) is 21.4. The Balaban J connectivity index is 1.45. The average Bonchev–Trinajstić information content (AvgIpc) is 3.52. The molecule has 10 heteroatoms. The van der Waals surface area contributed by atoms with E-state index < -0.39 is 18.0 Å². The average molecular weight is 470 g/mol. The Bertz CT molecular complexity index is 1280. The highest BCUT2D eigenvalue weighted by Crippen LogP contribution is 2.50. The first-order chi connectivity index (χ1) is 15.9. The van der Waals surface area contributed by atoms with Gasteiger partial charge < -0.3 is 15.1 Å². The predicted molar refractivity (Wildman–Crippen MR) is 121 cm³/mol. The SMILES string of the molecule is O=C(CN1C(=O)C2(CCN(C(=O)c3ccc4[nH]ncc4c3)C2)c2c(Cl)cccc21)NCCF. The molecule has 0 aliphatic carbocycles. The van der Waals surface area contributed by atoms with Crippen LogP contribution in [0.4, 0.5) is 10.1 Å². The summed E-state index contributed by atoms with van der Waals surface area (Å²) >= 11 is 6.54. The third kappa shape index (κ3) is 3.43. The van der Waals surface area contributed by atoms with E-state index in [1.165, 1.54) is 4.90 Å². The molecule has 1 unspecified atom stereocenters. The summed E-state index contributed by atoms with van der Waals surface area (Å²) < 4.78 is 12.4. The molecule has 0 bridgehead atoms. The van der Waals surface area contributed by atoms with Crippen LogP contribution < -0.4 is 10.2 Å². The summed E-state index contributed by atoms with van der Waals surface area (Å²) in [4.78, 5) is 42.2. The second-order valence-electron chi connectivity index (χ2n) is 8.30. The zero-order valence-electron chi connectivity index (χ0n) is 17.6. The number of aromatic amines is 1. The number of likely N-dealkylation sites (tertiary alicyclic amines) is 1. The molecule has 5 rings (SSSR count). The second kappa shape index (κ2) is 8.15. The molecule has 3 amide bonds. The van der Waals surface area contributed by atoms with Crippen LogP contribution in [-0.4, -0.2) is 65.7 Å². The van der Waals surface area contributed by atoms with E-state index in [9.17, 15) is 18.8 Å². The van der Waals surface area contributed by atoms with Gasteiger partial charge in [-0.3, -0.25) is 19.5 Å². The van der Waals surface area contributed by atoms with Crippen LogP contribution in [0.2, 0.25) is 5.02 Å². The molecule has 2 aromatic carbocycles. The van der Waals surface area contributed by atoms with Gasteiger partial charge in [0.2, 0.25) is 11.8 Å². The number of rotatable bonds is 5. The Hall–Kier alpha value is -3.46. The van der Waals surface area contributed by atoms with Gasteiger partial charge in [-0.05, 0) is 36.8 Å². The molecule has 2 aliphatic rings. The molecule has 3 aromatic rings. The number of carbonyl (C=O) groups excluding carboxylic acids is 3. The molecule has 1 fully saturated rings. The van der Waals surface area contributed by atoms with Crippen molar-refractivity contribution in [3.8, 4) is 0 Å². The van der Waals surface area contributed by atoms with E-state index in [0.717, 1.165) is 10.9 Å². The number of aromatic nitrogens is 2. The molecule has 2 N–H and O–H groups in total. The summed E-state index contributed by atoms with van der Waals surface area (Å²) in [7, 11) is 0. The van der Waals surface area contributed by atoms with Crippen molar-refractivity contribution >= 4 is 45.9 Å². The Morgan fingerprint density at radius 2 is 2.12 bits per heavy atom. The number of hydrogen-bond acceptors (Lipinski definition) is 4. The van der Waals surface area contributed by atoms with Gasteiger partial charge >= 0.3 is 0 Å². The van der Waals surface area contributed by atoms with Crippen LogP contribution in [0.25, 0.3) is 10.9 Å². The van der Waals surface area contributed by atoms with Gasteiger partial charge in [0.25, 0.3) is 5.91 Å². The number of hydrogen-bond donors (Lipinski definition) is 2. The number of H-pyrrole nitrogens is 1. The third-order valence-corrected chi connectivity index (χ3v) is 6.69. The summed E-state index contributed by atoms with van der Waals surface area (Å²) in [6, 6.07) is 10.5. The van der Waals surface area contributed by atoms with Gasteiger partial charge in [-0.2, -0.15) is 5.10 Å². The van der Waals surface area contributed by atoms with E-state index >= 15 is 0 Å². The Morgan fingerprint density at radius 3 is 2.94 bits per heavy atom. The molecule has 1 aromatic heterocycles. The molecule has 0 radical (unpaired) electrons. The largest absolute Gasteiger partial charge is 0.352 e. The van der Waals surface area contributed by atoms with Crippen molar-refractivity contribution in [2.75, 3.05) is 37.8 Å². The van der Waals surface area contributed by atoms with Gasteiger partial charge in [0.15, 0.2) is 0 Å². The maximum Gasteiger partial charge on any atom is 0.253 e. The molecular weight excluding hydrogens is 449 g/mol. The van der Waals surface area contributed by atoms with Gasteiger partial charge in [0.1, 0.15) is 13.2 Å². The lowest BCUT2D eigenvalue weighted by atomic mass is 9.81. The van der Waals surface area contributed by atoms with Gasteiger partial charge in [0, 0.05) is 41.2 Å². The van der Waals surface area contributed by atoms with Crippen molar-refractivity contribution < 1.29 is 18.8 Å². The van der Waals surface area contributed by atoms with Gasteiger partial charge in [-0.1, -0.05) is 17.7 Å². The lowest BCUT2D eigenvalue weighted by molar-refractivity contribution is -0.126. The van der Waals surface area contributed by atoms with Crippen LogP contribution in [0.15, 0.2) is 42.6 Å². The van der Waals surface area contributed by atoms with Crippen LogP contribution in [0.5, 0.6) is 0 Å². The van der Waals surface area contributed by atoms with E-state index in [0.29, 0.717) is 34.8 Å². The van der Waals surface area contributed by atoms with Crippen molar-refractivity contribution in [2.24, 2.45) is 0 Å². The van der Waals surface area contributed by atoms with Crippen molar-refractivity contribution in [3.63, 3.8) is 0 Å². The minimum atomic E-state index is -1.02. The fourth-order valence-corrected chi connectivity index (χ4v) is 5.20. The fourth-order valence-electron chi connectivity index (χ4n) is 4.85. The fraction of sp³-hybridized carbons (Fsp3) is 0.304. The number of halogens is 2. The number of carbonyl (C=O) groups is 3. The Kier molecular flexibility index (Phi) is 5.28. The normalized spacial score (nSPS) is 19.5. The summed E-state index contributed by atoms with van der Waals surface area (Å²) in [5, 5.41) is 10.5. The first-order valence-corrected chi connectivity index (χ1v) is 11.0. The highest BCUT2D eigenvalue weighted by molar-refractivity contribution is 6.33. The van der Waals surface area contributed by atoms with E-state index in [1.54, 1.807) is 47.5 Å². The van der Waals surface area contributed by atoms with Crippen LogP contribution in [-0.2, 0) is 15.0 Å². The zero-order chi connectivity index (χ0) is 23.2. The smallest absolute Gasteiger partial charge is 0.253 e. The molecule has 1 saturated heterocycles. The van der Waals surface area contributed by atoms with E-state index in [-0.39, 0.29) is 31.4 Å². The summed E-state index contributed by atoms with van der Waals surface area (Å²) in [5.74, 6) is -0.916. The highest BCUT2D eigenvalue weighted by Gasteiger charge is 2.56. The third-order valence-electron chi connectivity index (χ3n) is 6.38. The van der Waals surface area contributed by atoms with Crippen molar-refractivity contribution in [2.45, 2.75) is 11.8 Å². The van der Waals surface area contributed by atoms with E-state index in [4.69, 9.17) is 11.6 Å². The molecular formula is C23H21ClFN5O3. The van der Waals surface area contributed by atoms with Crippen LogP contribution in [0, 0.1) is 0 Å². The number of nitrogens with one attached hydrogen (secondary N) is 2. The highest BCUT2D eigenvalue weighted by atomic mass is 35.5. The monoisotopic (exact) mass is 469 g/mol. The minimum Gasteiger partial charge on any atom is -0.352 e. The summed E-state index contributed by atoms with van der Waals surface area (Å²) in [5.41, 5.74) is 1.50. The molecule has 0 saturated carbocycles. The lowest BCUT2D eigenvalue weighted by Gasteiger charge is -2.25. The van der Waals surface area contributed by atoms with E-state index in [2.05, 4.69) is 15.5 Å². The van der Waals surface area contributed by atoms with Crippen LogP contribution >= 0.6 is 11.6 Å². The van der Waals surface area contributed by atoms with Crippen LogP contribution in [0.3, 0.4) is 0 Å². The maximum atomic E-state index is 13.7.